The maximum Gasteiger partial charge on any atom is 0.251 e. The first-order chi connectivity index (χ1) is 9.29. The summed E-state index contributed by atoms with van der Waals surface area (Å²) in [6, 6.07) is 7.32. The standard InChI is InChI=1S/C14H16N4O/c1-2-7-16-14(19)11-3-5-12(6-4-11)17-9-13-8-15-10-18-13/h2-6,8,10,17H,1,7,9H2,(H,15,18)(H,16,19). The summed E-state index contributed by atoms with van der Waals surface area (Å²) < 4.78 is 0. The molecule has 0 aliphatic rings. The Labute approximate surface area is 111 Å². The number of hydrogen-bond acceptors (Lipinski definition) is 3. The van der Waals surface area contributed by atoms with E-state index in [-0.39, 0.29) is 5.91 Å². The normalized spacial score (nSPS) is 9.89. The average molecular weight is 256 g/mol. The molecule has 0 saturated heterocycles. The zero-order chi connectivity index (χ0) is 13.5. The molecular formula is C14H16N4O. The lowest BCUT2D eigenvalue weighted by molar-refractivity contribution is 0.0958. The minimum absolute atomic E-state index is 0.0972. The van der Waals surface area contributed by atoms with Crippen LogP contribution in [-0.2, 0) is 6.54 Å². The number of imidazole rings is 1. The molecule has 1 heterocycles. The topological polar surface area (TPSA) is 69.8 Å². The first-order valence-electron chi connectivity index (χ1n) is 6.00. The van der Waals surface area contributed by atoms with E-state index in [4.69, 9.17) is 0 Å². The fourth-order valence-electron chi connectivity index (χ4n) is 1.59. The molecule has 0 aliphatic heterocycles. The zero-order valence-corrected chi connectivity index (χ0v) is 10.5. The molecule has 0 unspecified atom stereocenters. The predicted octanol–water partition coefficient (Wildman–Crippen LogP) is 1.94. The number of carbonyl (C=O) groups excluding carboxylic acids is 1. The quantitative estimate of drug-likeness (QED) is 0.692. The first-order valence-corrected chi connectivity index (χ1v) is 6.00. The van der Waals surface area contributed by atoms with Crippen LogP contribution in [0.2, 0.25) is 0 Å². The van der Waals surface area contributed by atoms with Gasteiger partial charge in [0.15, 0.2) is 0 Å². The highest BCUT2D eigenvalue weighted by atomic mass is 16.1. The molecule has 98 valence electrons. The van der Waals surface area contributed by atoms with Crippen molar-refractivity contribution in [1.82, 2.24) is 15.3 Å². The van der Waals surface area contributed by atoms with Crippen molar-refractivity contribution >= 4 is 11.6 Å². The van der Waals surface area contributed by atoms with Gasteiger partial charge in [0.2, 0.25) is 0 Å². The van der Waals surface area contributed by atoms with Gasteiger partial charge in [0.1, 0.15) is 0 Å². The van der Waals surface area contributed by atoms with Gasteiger partial charge in [-0.3, -0.25) is 4.79 Å². The number of H-pyrrole nitrogens is 1. The van der Waals surface area contributed by atoms with E-state index in [1.165, 1.54) is 0 Å². The van der Waals surface area contributed by atoms with Crippen LogP contribution in [0.25, 0.3) is 0 Å². The Balaban J connectivity index is 1.90. The van der Waals surface area contributed by atoms with E-state index in [0.717, 1.165) is 11.4 Å². The second-order valence-corrected chi connectivity index (χ2v) is 4.01. The summed E-state index contributed by atoms with van der Waals surface area (Å²) in [6.45, 7) is 4.70. The lowest BCUT2D eigenvalue weighted by Crippen LogP contribution is -2.23. The van der Waals surface area contributed by atoms with Gasteiger partial charge in [0.25, 0.3) is 5.91 Å². The molecule has 1 aromatic heterocycles. The third-order valence-corrected chi connectivity index (χ3v) is 2.59. The van der Waals surface area contributed by atoms with Crippen LogP contribution in [0.1, 0.15) is 16.1 Å². The summed E-state index contributed by atoms with van der Waals surface area (Å²) in [5.41, 5.74) is 2.59. The van der Waals surface area contributed by atoms with Crippen molar-refractivity contribution < 1.29 is 4.79 Å². The Morgan fingerprint density at radius 2 is 2.16 bits per heavy atom. The highest BCUT2D eigenvalue weighted by Crippen LogP contribution is 2.10. The van der Waals surface area contributed by atoms with Crippen molar-refractivity contribution in [3.63, 3.8) is 0 Å². The van der Waals surface area contributed by atoms with Crippen LogP contribution in [0.3, 0.4) is 0 Å². The third-order valence-electron chi connectivity index (χ3n) is 2.59. The van der Waals surface area contributed by atoms with Crippen LogP contribution in [-0.4, -0.2) is 22.4 Å². The summed E-state index contributed by atoms with van der Waals surface area (Å²) in [5.74, 6) is -0.0972. The molecule has 0 fully saturated rings. The summed E-state index contributed by atoms with van der Waals surface area (Å²) in [4.78, 5) is 18.6. The lowest BCUT2D eigenvalue weighted by atomic mass is 10.2. The van der Waals surface area contributed by atoms with Gasteiger partial charge < -0.3 is 15.6 Å². The number of aromatic nitrogens is 2. The molecular weight excluding hydrogens is 240 g/mol. The molecule has 1 aromatic carbocycles. The van der Waals surface area contributed by atoms with Gasteiger partial charge in [-0.05, 0) is 24.3 Å². The Morgan fingerprint density at radius 3 is 2.79 bits per heavy atom. The summed E-state index contributed by atoms with van der Waals surface area (Å²) in [6.07, 6.45) is 5.06. The Morgan fingerprint density at radius 1 is 1.37 bits per heavy atom. The van der Waals surface area contributed by atoms with Crippen molar-refractivity contribution in [2.45, 2.75) is 6.54 Å². The largest absolute Gasteiger partial charge is 0.379 e. The number of nitrogens with zero attached hydrogens (tertiary/aromatic N) is 1. The minimum Gasteiger partial charge on any atom is -0.379 e. The molecule has 0 saturated carbocycles. The molecule has 1 amide bonds. The van der Waals surface area contributed by atoms with Crippen LogP contribution in [0.15, 0.2) is 49.4 Å². The number of benzene rings is 1. The van der Waals surface area contributed by atoms with Gasteiger partial charge in [0.05, 0.1) is 18.6 Å². The Hall–Kier alpha value is -2.56. The van der Waals surface area contributed by atoms with Gasteiger partial charge in [-0.15, -0.1) is 6.58 Å². The van der Waals surface area contributed by atoms with Crippen molar-refractivity contribution in [2.24, 2.45) is 0 Å². The third kappa shape index (κ3) is 3.70. The number of hydrogen-bond donors (Lipinski definition) is 3. The highest BCUT2D eigenvalue weighted by molar-refractivity contribution is 5.94. The van der Waals surface area contributed by atoms with Gasteiger partial charge >= 0.3 is 0 Å². The van der Waals surface area contributed by atoms with Gasteiger partial charge in [-0.25, -0.2) is 4.98 Å². The molecule has 0 bridgehead atoms. The summed E-state index contributed by atoms with van der Waals surface area (Å²) >= 11 is 0. The number of nitrogens with one attached hydrogen (secondary N) is 3. The van der Waals surface area contributed by atoms with Gasteiger partial charge in [-0.2, -0.15) is 0 Å². The SMILES string of the molecule is C=CCNC(=O)c1ccc(NCc2cnc[nH]2)cc1. The van der Waals surface area contributed by atoms with E-state index >= 15 is 0 Å². The van der Waals surface area contributed by atoms with Gasteiger partial charge in [0, 0.05) is 24.0 Å². The molecule has 2 aromatic rings. The van der Waals surface area contributed by atoms with Crippen molar-refractivity contribution in [3.8, 4) is 0 Å². The number of carbonyl (C=O) groups is 1. The predicted molar refractivity (Wildman–Crippen MR) is 74.9 cm³/mol. The molecule has 0 atom stereocenters. The molecule has 2 rings (SSSR count). The van der Waals surface area contributed by atoms with E-state index in [0.29, 0.717) is 18.7 Å². The van der Waals surface area contributed by atoms with E-state index < -0.39 is 0 Å². The molecule has 0 aliphatic carbocycles. The number of rotatable bonds is 6. The maximum atomic E-state index is 11.7. The summed E-state index contributed by atoms with van der Waals surface area (Å²) in [7, 11) is 0. The van der Waals surface area contributed by atoms with Crippen molar-refractivity contribution in [3.05, 3.63) is 60.7 Å². The Kier molecular flexibility index (Phi) is 4.34. The fourth-order valence-corrected chi connectivity index (χ4v) is 1.59. The fraction of sp³-hybridized carbons (Fsp3) is 0.143. The number of anilines is 1. The van der Waals surface area contributed by atoms with E-state index in [9.17, 15) is 4.79 Å². The van der Waals surface area contributed by atoms with Crippen LogP contribution in [0.4, 0.5) is 5.69 Å². The number of amides is 1. The van der Waals surface area contributed by atoms with Crippen LogP contribution >= 0.6 is 0 Å². The lowest BCUT2D eigenvalue weighted by Gasteiger charge is -2.06. The second-order valence-electron chi connectivity index (χ2n) is 4.01. The van der Waals surface area contributed by atoms with E-state index in [2.05, 4.69) is 27.2 Å². The average Bonchev–Trinajstić information content (AvgIpc) is 2.96. The molecule has 5 nitrogen and oxygen atoms in total. The van der Waals surface area contributed by atoms with Crippen LogP contribution in [0.5, 0.6) is 0 Å². The molecule has 0 radical (unpaired) electrons. The second kappa shape index (κ2) is 6.39. The number of aromatic amines is 1. The summed E-state index contributed by atoms with van der Waals surface area (Å²) in [5, 5.41) is 5.97. The first kappa shape index (κ1) is 12.9. The van der Waals surface area contributed by atoms with Crippen LogP contribution in [0, 0.1) is 0 Å². The smallest absolute Gasteiger partial charge is 0.251 e. The highest BCUT2D eigenvalue weighted by Gasteiger charge is 2.03. The van der Waals surface area contributed by atoms with Crippen molar-refractivity contribution in [2.75, 3.05) is 11.9 Å². The van der Waals surface area contributed by atoms with E-state index in [1.807, 2.05) is 12.1 Å². The molecule has 0 spiro atoms. The zero-order valence-electron chi connectivity index (χ0n) is 10.5. The Bertz CT molecular complexity index is 531. The molecule has 5 heteroatoms. The minimum atomic E-state index is -0.0972. The van der Waals surface area contributed by atoms with E-state index in [1.54, 1.807) is 30.7 Å². The monoisotopic (exact) mass is 256 g/mol. The molecule has 3 N–H and O–H groups in total. The van der Waals surface area contributed by atoms with Gasteiger partial charge in [-0.1, -0.05) is 6.08 Å². The molecule has 19 heavy (non-hydrogen) atoms. The van der Waals surface area contributed by atoms with Crippen LogP contribution < -0.4 is 10.6 Å². The maximum absolute atomic E-state index is 11.7. The van der Waals surface area contributed by atoms with Crippen molar-refractivity contribution in [1.29, 1.82) is 0 Å².